The zero-order valence-corrected chi connectivity index (χ0v) is 19.1. The Bertz CT molecular complexity index is 1420. The minimum atomic E-state index is -0.114. The number of thiophene rings is 1. The largest absolute Gasteiger partial charge is 0.301 e. The maximum Gasteiger partial charge on any atom is 0.236 e. The van der Waals surface area contributed by atoms with Crippen molar-refractivity contribution >= 4 is 71.6 Å². The molecule has 1 amide bonds. The van der Waals surface area contributed by atoms with Crippen LogP contribution in [0.2, 0.25) is 0 Å². The van der Waals surface area contributed by atoms with Crippen molar-refractivity contribution in [2.24, 2.45) is 5.92 Å². The summed E-state index contributed by atoms with van der Waals surface area (Å²) in [4.78, 5) is 24.1. The molecule has 31 heavy (non-hydrogen) atoms. The SMILES string of the molecule is C[C@H]1CCc2c(sc3ncn4c(SCC(=O)Nc5nc6ccccc6s5)nnc4c23)C1. The molecular weight excluding hydrogens is 448 g/mol. The molecule has 7 nitrogen and oxygen atoms in total. The molecule has 1 aliphatic rings. The Hall–Kier alpha value is -2.56. The van der Waals surface area contributed by atoms with E-state index in [4.69, 9.17) is 0 Å². The van der Waals surface area contributed by atoms with E-state index in [1.54, 1.807) is 17.7 Å². The van der Waals surface area contributed by atoms with E-state index >= 15 is 0 Å². The highest BCUT2D eigenvalue weighted by Gasteiger charge is 2.24. The van der Waals surface area contributed by atoms with E-state index in [0.717, 1.165) is 44.8 Å². The molecular formula is C21H18N6OS3. The fourth-order valence-electron chi connectivity index (χ4n) is 4.03. The summed E-state index contributed by atoms with van der Waals surface area (Å²) in [6.07, 6.45) is 5.15. The van der Waals surface area contributed by atoms with Gasteiger partial charge in [0.15, 0.2) is 15.9 Å². The van der Waals surface area contributed by atoms with Crippen molar-refractivity contribution in [1.29, 1.82) is 0 Å². The number of benzene rings is 1. The average Bonchev–Trinajstić information content (AvgIpc) is 3.45. The molecule has 0 radical (unpaired) electrons. The number of rotatable bonds is 4. The number of hydrogen-bond acceptors (Lipinski definition) is 8. The average molecular weight is 467 g/mol. The van der Waals surface area contributed by atoms with Gasteiger partial charge in [-0.25, -0.2) is 9.97 Å². The molecule has 5 aromatic rings. The molecule has 1 aliphatic carbocycles. The van der Waals surface area contributed by atoms with Gasteiger partial charge in [0.05, 0.1) is 21.4 Å². The quantitative estimate of drug-likeness (QED) is 0.383. The summed E-state index contributed by atoms with van der Waals surface area (Å²) >= 11 is 4.61. The Morgan fingerprint density at radius 1 is 1.29 bits per heavy atom. The molecule has 4 heterocycles. The molecule has 0 aliphatic heterocycles. The van der Waals surface area contributed by atoms with Crippen LogP contribution >= 0.6 is 34.4 Å². The minimum absolute atomic E-state index is 0.114. The number of carbonyl (C=O) groups is 1. The molecule has 1 aromatic carbocycles. The Morgan fingerprint density at radius 2 is 2.19 bits per heavy atom. The van der Waals surface area contributed by atoms with Gasteiger partial charge in [-0.15, -0.1) is 21.5 Å². The van der Waals surface area contributed by atoms with Crippen molar-refractivity contribution < 1.29 is 4.79 Å². The highest BCUT2D eigenvalue weighted by atomic mass is 32.2. The lowest BCUT2D eigenvalue weighted by Gasteiger charge is -2.17. The van der Waals surface area contributed by atoms with Gasteiger partial charge in [0.2, 0.25) is 5.91 Å². The van der Waals surface area contributed by atoms with Crippen molar-refractivity contribution in [3.8, 4) is 0 Å². The number of nitrogens with zero attached hydrogens (tertiary/aromatic N) is 5. The molecule has 1 atom stereocenters. The van der Waals surface area contributed by atoms with Crippen LogP contribution in [-0.4, -0.2) is 36.2 Å². The second-order valence-corrected chi connectivity index (χ2v) is 10.8. The fraction of sp³-hybridized carbons (Fsp3) is 0.286. The van der Waals surface area contributed by atoms with Crippen LogP contribution in [0, 0.1) is 5.92 Å². The number of hydrogen-bond donors (Lipinski definition) is 1. The molecule has 6 rings (SSSR count). The highest BCUT2D eigenvalue weighted by Crippen LogP contribution is 2.39. The van der Waals surface area contributed by atoms with E-state index in [2.05, 4.69) is 32.4 Å². The van der Waals surface area contributed by atoms with E-state index in [1.165, 1.54) is 40.0 Å². The topological polar surface area (TPSA) is 85.1 Å². The van der Waals surface area contributed by atoms with E-state index in [9.17, 15) is 4.79 Å². The van der Waals surface area contributed by atoms with Gasteiger partial charge in [0.25, 0.3) is 0 Å². The third-order valence-electron chi connectivity index (χ3n) is 5.54. The number of carbonyl (C=O) groups excluding carboxylic acids is 1. The Morgan fingerprint density at radius 3 is 3.10 bits per heavy atom. The van der Waals surface area contributed by atoms with Gasteiger partial charge in [-0.3, -0.25) is 9.20 Å². The third kappa shape index (κ3) is 3.38. The van der Waals surface area contributed by atoms with Crippen molar-refractivity contribution in [1.82, 2.24) is 24.6 Å². The lowest BCUT2D eigenvalue weighted by Crippen LogP contribution is -2.14. The van der Waals surface area contributed by atoms with Crippen LogP contribution in [0.15, 0.2) is 35.7 Å². The number of amides is 1. The molecule has 0 fully saturated rings. The van der Waals surface area contributed by atoms with Crippen LogP contribution in [0.3, 0.4) is 0 Å². The maximum atomic E-state index is 12.5. The van der Waals surface area contributed by atoms with Crippen LogP contribution < -0.4 is 5.32 Å². The zero-order chi connectivity index (χ0) is 20.9. The standard InChI is InChI=1S/C21H18N6OS3/c1-11-6-7-12-15(8-11)30-19-17(12)18-25-26-21(27(18)10-22-19)29-9-16(28)24-20-23-13-4-2-3-5-14(13)31-20/h2-5,10-11H,6-9H2,1H3,(H,23,24,28)/t11-/m0/s1. The van der Waals surface area contributed by atoms with Crippen molar-refractivity contribution in [2.75, 3.05) is 11.1 Å². The van der Waals surface area contributed by atoms with Gasteiger partial charge >= 0.3 is 0 Å². The van der Waals surface area contributed by atoms with Crippen LogP contribution in [-0.2, 0) is 17.6 Å². The van der Waals surface area contributed by atoms with Gasteiger partial charge in [0, 0.05) is 4.88 Å². The van der Waals surface area contributed by atoms with Gasteiger partial charge in [0.1, 0.15) is 11.2 Å². The first kappa shape index (κ1) is 19.1. The van der Waals surface area contributed by atoms with Crippen LogP contribution in [0.25, 0.3) is 26.1 Å². The van der Waals surface area contributed by atoms with Crippen LogP contribution in [0.5, 0.6) is 0 Å². The maximum absolute atomic E-state index is 12.5. The Labute approximate surface area is 189 Å². The molecule has 10 heteroatoms. The molecule has 1 N–H and O–H groups in total. The number of aromatic nitrogens is 5. The summed E-state index contributed by atoms with van der Waals surface area (Å²) in [7, 11) is 0. The van der Waals surface area contributed by atoms with Gasteiger partial charge < -0.3 is 5.32 Å². The summed E-state index contributed by atoms with van der Waals surface area (Å²) in [6, 6.07) is 7.85. The lowest BCUT2D eigenvalue weighted by atomic mass is 9.89. The smallest absolute Gasteiger partial charge is 0.236 e. The Kier molecular flexibility index (Phi) is 4.66. The van der Waals surface area contributed by atoms with E-state index in [-0.39, 0.29) is 11.7 Å². The molecule has 4 aromatic heterocycles. The number of anilines is 1. The Balaban J connectivity index is 1.23. The second-order valence-electron chi connectivity index (χ2n) is 7.78. The summed E-state index contributed by atoms with van der Waals surface area (Å²) in [5.41, 5.74) is 3.11. The number of thiazole rings is 1. The summed E-state index contributed by atoms with van der Waals surface area (Å²) in [6.45, 7) is 2.31. The molecule has 0 unspecified atom stereocenters. The lowest BCUT2D eigenvalue weighted by molar-refractivity contribution is -0.113. The van der Waals surface area contributed by atoms with Gasteiger partial charge in [-0.05, 0) is 42.9 Å². The van der Waals surface area contributed by atoms with Crippen molar-refractivity contribution in [3.63, 3.8) is 0 Å². The van der Waals surface area contributed by atoms with E-state index in [0.29, 0.717) is 10.3 Å². The molecule has 0 saturated heterocycles. The molecule has 156 valence electrons. The first-order valence-corrected chi connectivity index (χ1v) is 12.7. The predicted molar refractivity (Wildman–Crippen MR) is 126 cm³/mol. The molecule has 0 saturated carbocycles. The normalized spacial score (nSPS) is 16.2. The predicted octanol–water partition coefficient (Wildman–Crippen LogP) is 4.80. The minimum Gasteiger partial charge on any atom is -0.301 e. The fourth-order valence-corrected chi connectivity index (χ4v) is 6.96. The number of aryl methyl sites for hydroxylation is 1. The van der Waals surface area contributed by atoms with Gasteiger partial charge in [-0.1, -0.05) is 42.2 Å². The first-order valence-electron chi connectivity index (χ1n) is 10.1. The van der Waals surface area contributed by atoms with E-state index < -0.39 is 0 Å². The summed E-state index contributed by atoms with van der Waals surface area (Å²) in [5.74, 6) is 0.833. The summed E-state index contributed by atoms with van der Waals surface area (Å²) < 4.78 is 2.96. The van der Waals surface area contributed by atoms with Gasteiger partial charge in [-0.2, -0.15) is 0 Å². The van der Waals surface area contributed by atoms with Crippen LogP contribution in [0.1, 0.15) is 23.8 Å². The zero-order valence-electron chi connectivity index (χ0n) is 16.7. The second kappa shape index (κ2) is 7.54. The van der Waals surface area contributed by atoms with E-state index in [1.807, 2.05) is 28.7 Å². The monoisotopic (exact) mass is 466 g/mol. The number of thioether (sulfide) groups is 1. The highest BCUT2D eigenvalue weighted by molar-refractivity contribution is 7.99. The first-order chi connectivity index (χ1) is 15.2. The number of fused-ring (bicyclic) bond motifs is 6. The van der Waals surface area contributed by atoms with Crippen molar-refractivity contribution in [3.05, 3.63) is 41.0 Å². The molecule has 0 spiro atoms. The van der Waals surface area contributed by atoms with Crippen molar-refractivity contribution in [2.45, 2.75) is 31.3 Å². The number of nitrogens with one attached hydrogen (secondary N) is 1. The summed E-state index contributed by atoms with van der Waals surface area (Å²) in [5, 5.41) is 14.1. The van der Waals surface area contributed by atoms with Crippen LogP contribution in [0.4, 0.5) is 5.13 Å². The number of para-hydroxylation sites is 1. The third-order valence-corrected chi connectivity index (χ3v) is 8.60. The molecule has 0 bridgehead atoms.